The molecule has 7 heteroatoms. The summed E-state index contributed by atoms with van der Waals surface area (Å²) in [5.41, 5.74) is 1.88. The van der Waals surface area contributed by atoms with Crippen LogP contribution in [0.4, 0.5) is 0 Å². The highest BCUT2D eigenvalue weighted by Crippen LogP contribution is 2.29. The van der Waals surface area contributed by atoms with Gasteiger partial charge in [0.2, 0.25) is 11.8 Å². The number of nitrogens with zero attached hydrogens (tertiary/aromatic N) is 2. The van der Waals surface area contributed by atoms with Crippen molar-refractivity contribution in [3.05, 3.63) is 53.7 Å². The van der Waals surface area contributed by atoms with Crippen LogP contribution in [0.1, 0.15) is 36.6 Å². The average molecular weight is 380 g/mol. The van der Waals surface area contributed by atoms with Crippen LogP contribution in [-0.2, 0) is 16.0 Å². The summed E-state index contributed by atoms with van der Waals surface area (Å²) in [5, 5.41) is 2.96. The largest absolute Gasteiger partial charge is 0.466 e. The molecule has 28 heavy (non-hydrogen) atoms. The fourth-order valence-electron chi connectivity index (χ4n) is 3.86. The van der Waals surface area contributed by atoms with Gasteiger partial charge in [0.15, 0.2) is 0 Å². The predicted octanol–water partition coefficient (Wildman–Crippen LogP) is 2.53. The molecule has 3 heterocycles. The number of nitrogens with one attached hydrogen (secondary N) is 2. The minimum absolute atomic E-state index is 0.0345. The van der Waals surface area contributed by atoms with E-state index in [4.69, 9.17) is 4.42 Å². The lowest BCUT2D eigenvalue weighted by Gasteiger charge is -2.16. The second-order valence-electron chi connectivity index (χ2n) is 7.36. The fraction of sp³-hybridized carbons (Fsp3) is 0.381. The highest BCUT2D eigenvalue weighted by atomic mass is 16.3. The quantitative estimate of drug-likeness (QED) is 0.712. The molecule has 3 aromatic rings. The monoisotopic (exact) mass is 380 g/mol. The Morgan fingerprint density at radius 2 is 2.07 bits per heavy atom. The first kappa shape index (κ1) is 18.3. The number of carbonyl (C=O) groups excluding carboxylic acids is 2. The topological polar surface area (TPSA) is 91.2 Å². The number of H-pyrrole nitrogens is 1. The zero-order chi connectivity index (χ0) is 19.7. The maximum atomic E-state index is 12.8. The van der Waals surface area contributed by atoms with E-state index < -0.39 is 0 Å². The van der Waals surface area contributed by atoms with Crippen molar-refractivity contribution in [3.8, 4) is 0 Å². The maximum Gasteiger partial charge on any atom is 0.223 e. The third-order valence-electron chi connectivity index (χ3n) is 5.20. The number of aromatic nitrogens is 2. The van der Waals surface area contributed by atoms with Gasteiger partial charge >= 0.3 is 0 Å². The molecule has 0 unspecified atom stereocenters. The Balaban J connectivity index is 1.42. The van der Waals surface area contributed by atoms with Crippen molar-refractivity contribution in [1.82, 2.24) is 20.2 Å². The third-order valence-corrected chi connectivity index (χ3v) is 5.20. The van der Waals surface area contributed by atoms with Crippen molar-refractivity contribution < 1.29 is 14.0 Å². The van der Waals surface area contributed by atoms with Crippen molar-refractivity contribution in [2.45, 2.75) is 38.6 Å². The van der Waals surface area contributed by atoms with Gasteiger partial charge in [0.05, 0.1) is 23.0 Å². The molecule has 2 atom stereocenters. The highest BCUT2D eigenvalue weighted by Gasteiger charge is 2.38. The molecule has 1 fully saturated rings. The molecule has 1 aliphatic rings. The van der Waals surface area contributed by atoms with Gasteiger partial charge in [-0.1, -0.05) is 12.1 Å². The van der Waals surface area contributed by atoms with Gasteiger partial charge in [-0.25, -0.2) is 4.98 Å². The molecule has 1 aliphatic heterocycles. The van der Waals surface area contributed by atoms with E-state index in [0.717, 1.165) is 28.4 Å². The number of rotatable bonds is 5. The summed E-state index contributed by atoms with van der Waals surface area (Å²) in [5.74, 6) is 2.37. The molecule has 146 valence electrons. The standard InChI is InChI=1S/C21H24N4O3/c1-13-7-8-19(28-13)15-11-25(12-18(15)22-14(2)26)21(27)10-9-20-23-16-5-3-4-6-17(16)24-20/h3-8,15,18H,9-12H2,1-2H3,(H,22,26)(H,23,24)/t15-,18-/m1/s1. The van der Waals surface area contributed by atoms with Gasteiger partial charge in [-0.05, 0) is 31.2 Å². The van der Waals surface area contributed by atoms with E-state index in [1.165, 1.54) is 6.92 Å². The van der Waals surface area contributed by atoms with Gasteiger partial charge in [-0.2, -0.15) is 0 Å². The van der Waals surface area contributed by atoms with Gasteiger partial charge in [-0.3, -0.25) is 9.59 Å². The third kappa shape index (κ3) is 3.78. The second kappa shape index (κ2) is 7.50. The van der Waals surface area contributed by atoms with Crippen LogP contribution >= 0.6 is 0 Å². The van der Waals surface area contributed by atoms with E-state index >= 15 is 0 Å². The Morgan fingerprint density at radius 3 is 2.79 bits per heavy atom. The summed E-state index contributed by atoms with van der Waals surface area (Å²) in [6.45, 7) is 4.42. The zero-order valence-corrected chi connectivity index (χ0v) is 16.1. The number of likely N-dealkylation sites (tertiary alicyclic amines) is 1. The Bertz CT molecular complexity index is 973. The van der Waals surface area contributed by atoms with Crippen LogP contribution in [0.5, 0.6) is 0 Å². The number of imidazole rings is 1. The molecule has 0 radical (unpaired) electrons. The SMILES string of the molecule is CC(=O)N[C@@H]1CN(C(=O)CCc2nc3ccccc3[nH]2)C[C@H]1c1ccc(C)o1. The predicted molar refractivity (Wildman–Crippen MR) is 105 cm³/mol. The lowest BCUT2D eigenvalue weighted by molar-refractivity contribution is -0.130. The number of fused-ring (bicyclic) bond motifs is 1. The summed E-state index contributed by atoms with van der Waals surface area (Å²) >= 11 is 0. The molecule has 0 saturated carbocycles. The smallest absolute Gasteiger partial charge is 0.223 e. The second-order valence-corrected chi connectivity index (χ2v) is 7.36. The number of amides is 2. The van der Waals surface area contributed by atoms with E-state index in [9.17, 15) is 9.59 Å². The first-order valence-electron chi connectivity index (χ1n) is 9.54. The highest BCUT2D eigenvalue weighted by molar-refractivity contribution is 5.78. The number of benzene rings is 1. The van der Waals surface area contributed by atoms with E-state index in [1.807, 2.05) is 48.2 Å². The molecule has 2 N–H and O–H groups in total. The van der Waals surface area contributed by atoms with Crippen LogP contribution in [-0.4, -0.2) is 45.8 Å². The van der Waals surface area contributed by atoms with Crippen LogP contribution in [0.15, 0.2) is 40.8 Å². The fourth-order valence-corrected chi connectivity index (χ4v) is 3.86. The normalized spacial score (nSPS) is 19.3. The number of aryl methyl sites for hydroxylation is 2. The van der Waals surface area contributed by atoms with E-state index in [2.05, 4.69) is 15.3 Å². The van der Waals surface area contributed by atoms with Crippen molar-refractivity contribution in [3.63, 3.8) is 0 Å². The van der Waals surface area contributed by atoms with Crippen molar-refractivity contribution in [1.29, 1.82) is 0 Å². The first-order chi connectivity index (χ1) is 13.5. The van der Waals surface area contributed by atoms with E-state index in [-0.39, 0.29) is 23.8 Å². The molecule has 7 nitrogen and oxygen atoms in total. The van der Waals surface area contributed by atoms with Gasteiger partial charge in [0.1, 0.15) is 17.3 Å². The Kier molecular flexibility index (Phi) is 4.90. The lowest BCUT2D eigenvalue weighted by Crippen LogP contribution is -2.39. The average Bonchev–Trinajstić information content (AvgIpc) is 3.36. The molecule has 2 amide bonds. The van der Waals surface area contributed by atoms with Gasteiger partial charge in [0, 0.05) is 32.9 Å². The van der Waals surface area contributed by atoms with Crippen LogP contribution in [0, 0.1) is 6.92 Å². The number of hydrogen-bond donors (Lipinski definition) is 2. The molecule has 0 bridgehead atoms. The minimum atomic E-state index is -0.141. The number of aromatic amines is 1. The molecule has 2 aromatic heterocycles. The molecule has 0 aliphatic carbocycles. The summed E-state index contributed by atoms with van der Waals surface area (Å²) in [6, 6.07) is 11.5. The first-order valence-corrected chi connectivity index (χ1v) is 9.54. The summed E-state index contributed by atoms with van der Waals surface area (Å²) in [4.78, 5) is 34.0. The summed E-state index contributed by atoms with van der Waals surface area (Å²) < 4.78 is 5.77. The number of carbonyl (C=O) groups is 2. The molecule has 1 aromatic carbocycles. The van der Waals surface area contributed by atoms with Crippen molar-refractivity contribution >= 4 is 22.8 Å². The van der Waals surface area contributed by atoms with Crippen LogP contribution in [0.3, 0.4) is 0 Å². The number of para-hydroxylation sites is 2. The van der Waals surface area contributed by atoms with Crippen molar-refractivity contribution in [2.24, 2.45) is 0 Å². The van der Waals surface area contributed by atoms with Gasteiger partial charge < -0.3 is 19.6 Å². The molecular formula is C21H24N4O3. The van der Waals surface area contributed by atoms with Gasteiger partial charge in [0.25, 0.3) is 0 Å². The summed E-state index contributed by atoms with van der Waals surface area (Å²) in [7, 11) is 0. The molecule has 4 rings (SSSR count). The van der Waals surface area contributed by atoms with Gasteiger partial charge in [-0.15, -0.1) is 0 Å². The molecular weight excluding hydrogens is 356 g/mol. The van der Waals surface area contributed by atoms with Crippen molar-refractivity contribution in [2.75, 3.05) is 13.1 Å². The number of hydrogen-bond acceptors (Lipinski definition) is 4. The van der Waals surface area contributed by atoms with Crippen LogP contribution in [0.2, 0.25) is 0 Å². The summed E-state index contributed by atoms with van der Waals surface area (Å²) in [6.07, 6.45) is 0.926. The Morgan fingerprint density at radius 1 is 1.25 bits per heavy atom. The molecule has 1 saturated heterocycles. The molecule has 0 spiro atoms. The number of furan rings is 1. The van der Waals surface area contributed by atoms with Crippen LogP contribution in [0.25, 0.3) is 11.0 Å². The van der Waals surface area contributed by atoms with E-state index in [1.54, 1.807) is 0 Å². The lowest BCUT2D eigenvalue weighted by atomic mass is 10.0. The Hall–Kier alpha value is -3.09. The maximum absolute atomic E-state index is 12.8. The van der Waals surface area contributed by atoms with E-state index in [0.29, 0.717) is 25.9 Å². The minimum Gasteiger partial charge on any atom is -0.466 e. The zero-order valence-electron chi connectivity index (χ0n) is 16.1. The van der Waals surface area contributed by atoms with Crippen LogP contribution < -0.4 is 5.32 Å². The Labute approximate surface area is 163 Å².